The van der Waals surface area contributed by atoms with Gasteiger partial charge in [0.1, 0.15) is 5.75 Å². The molecule has 126 valence electrons. The number of hydrogen-bond donors (Lipinski definition) is 1. The first-order chi connectivity index (χ1) is 12.2. The lowest BCUT2D eigenvalue weighted by Gasteiger charge is -2.14. The van der Waals surface area contributed by atoms with Gasteiger partial charge in [0, 0.05) is 10.9 Å². The van der Waals surface area contributed by atoms with Crippen LogP contribution in [0.15, 0.2) is 60.0 Å². The number of carbonyl (C=O) groups excluding carboxylic acids is 1. The highest BCUT2D eigenvalue weighted by Crippen LogP contribution is 2.49. The molecule has 1 amide bonds. The van der Waals surface area contributed by atoms with E-state index in [4.69, 9.17) is 4.74 Å². The number of carbonyl (C=O) groups is 1. The number of rotatable bonds is 5. The minimum atomic E-state index is -0.386. The summed E-state index contributed by atoms with van der Waals surface area (Å²) in [6.07, 6.45) is 1.77. The molecule has 4 rings (SSSR count). The molecule has 0 saturated heterocycles. The number of thiazole rings is 1. The maximum absolute atomic E-state index is 12.8. The third-order valence-corrected chi connectivity index (χ3v) is 5.36. The van der Waals surface area contributed by atoms with Crippen LogP contribution in [-0.4, -0.2) is 18.0 Å². The van der Waals surface area contributed by atoms with Gasteiger partial charge in [0.15, 0.2) is 5.13 Å². The molecule has 0 unspecified atom stereocenters. The monoisotopic (exact) mass is 350 g/mol. The van der Waals surface area contributed by atoms with E-state index < -0.39 is 0 Å². The van der Waals surface area contributed by atoms with E-state index in [1.54, 1.807) is 7.11 Å². The average molecular weight is 350 g/mol. The lowest BCUT2D eigenvalue weighted by Crippen LogP contribution is -2.27. The Morgan fingerprint density at radius 2 is 1.96 bits per heavy atom. The fourth-order valence-corrected chi connectivity index (χ4v) is 3.71. The van der Waals surface area contributed by atoms with Crippen molar-refractivity contribution >= 4 is 22.4 Å². The molecule has 2 aromatic carbocycles. The summed E-state index contributed by atoms with van der Waals surface area (Å²) in [5, 5.41) is 5.58. The molecule has 0 bridgehead atoms. The van der Waals surface area contributed by atoms with E-state index in [0.29, 0.717) is 5.13 Å². The first-order valence-electron chi connectivity index (χ1n) is 8.18. The molecule has 0 spiro atoms. The van der Waals surface area contributed by atoms with Crippen molar-refractivity contribution in [2.45, 2.75) is 18.3 Å². The van der Waals surface area contributed by atoms with E-state index in [0.717, 1.165) is 35.4 Å². The van der Waals surface area contributed by atoms with Crippen LogP contribution in [0.2, 0.25) is 0 Å². The normalized spacial score (nSPS) is 14.8. The molecule has 5 heteroatoms. The Bertz CT molecular complexity index is 901. The standard InChI is InChI=1S/C20H18N2O2S/c1-24-16-9-5-6-14(12-16)17-13-25-19(21-17)22-18(23)20(10-11-20)15-7-3-2-4-8-15/h2-9,12-13H,10-11H2,1H3,(H,21,22,23). The Hall–Kier alpha value is -2.66. The van der Waals surface area contributed by atoms with Gasteiger partial charge in [-0.3, -0.25) is 4.79 Å². The number of methoxy groups -OCH3 is 1. The van der Waals surface area contributed by atoms with Crippen molar-refractivity contribution in [2.24, 2.45) is 0 Å². The fourth-order valence-electron chi connectivity index (χ4n) is 2.99. The number of nitrogens with zero attached hydrogens (tertiary/aromatic N) is 1. The van der Waals surface area contributed by atoms with E-state index in [9.17, 15) is 4.79 Å². The molecule has 1 saturated carbocycles. The van der Waals surface area contributed by atoms with Crippen LogP contribution in [0.25, 0.3) is 11.3 Å². The third-order valence-electron chi connectivity index (χ3n) is 4.60. The summed E-state index contributed by atoms with van der Waals surface area (Å²) in [5.41, 5.74) is 2.50. The molecule has 0 aliphatic heterocycles. The van der Waals surface area contributed by atoms with Crippen molar-refractivity contribution in [3.05, 3.63) is 65.5 Å². The summed E-state index contributed by atoms with van der Waals surface area (Å²) in [5.74, 6) is 0.822. The van der Waals surface area contributed by atoms with Gasteiger partial charge in [-0.05, 0) is 30.5 Å². The second kappa shape index (κ2) is 6.33. The Balaban J connectivity index is 1.52. The van der Waals surface area contributed by atoms with Gasteiger partial charge in [0.2, 0.25) is 5.91 Å². The molecular formula is C20H18N2O2S. The van der Waals surface area contributed by atoms with E-state index in [1.165, 1.54) is 11.3 Å². The summed E-state index contributed by atoms with van der Waals surface area (Å²) < 4.78 is 5.26. The van der Waals surface area contributed by atoms with Crippen molar-refractivity contribution in [2.75, 3.05) is 12.4 Å². The lowest BCUT2D eigenvalue weighted by molar-refractivity contribution is -0.118. The van der Waals surface area contributed by atoms with Crippen LogP contribution < -0.4 is 10.1 Å². The number of ether oxygens (including phenoxy) is 1. The van der Waals surface area contributed by atoms with E-state index in [-0.39, 0.29) is 11.3 Å². The van der Waals surface area contributed by atoms with Gasteiger partial charge in [0.05, 0.1) is 18.2 Å². The Kier molecular flexibility index (Phi) is 4.01. The molecular weight excluding hydrogens is 332 g/mol. The summed E-state index contributed by atoms with van der Waals surface area (Å²) >= 11 is 1.44. The molecule has 0 radical (unpaired) electrons. The summed E-state index contributed by atoms with van der Waals surface area (Å²) in [4.78, 5) is 17.3. The zero-order valence-electron chi connectivity index (χ0n) is 13.9. The molecule has 1 fully saturated rings. The van der Waals surface area contributed by atoms with E-state index in [1.807, 2.05) is 60.0 Å². The highest BCUT2D eigenvalue weighted by molar-refractivity contribution is 7.14. The van der Waals surface area contributed by atoms with Crippen LogP contribution in [0.5, 0.6) is 5.75 Å². The predicted octanol–water partition coefficient (Wildman–Crippen LogP) is 4.49. The number of nitrogens with one attached hydrogen (secondary N) is 1. The minimum Gasteiger partial charge on any atom is -0.497 e. The predicted molar refractivity (Wildman–Crippen MR) is 100 cm³/mol. The van der Waals surface area contributed by atoms with Gasteiger partial charge in [-0.2, -0.15) is 0 Å². The maximum atomic E-state index is 12.8. The quantitative estimate of drug-likeness (QED) is 0.738. The van der Waals surface area contributed by atoms with Gasteiger partial charge in [-0.1, -0.05) is 42.5 Å². The SMILES string of the molecule is COc1cccc(-c2csc(NC(=O)C3(c4ccccc4)CC3)n2)c1. The number of hydrogen-bond acceptors (Lipinski definition) is 4. The number of anilines is 1. The lowest BCUT2D eigenvalue weighted by atomic mass is 9.95. The molecule has 1 aliphatic carbocycles. The van der Waals surface area contributed by atoms with Gasteiger partial charge >= 0.3 is 0 Å². The molecule has 25 heavy (non-hydrogen) atoms. The molecule has 4 nitrogen and oxygen atoms in total. The van der Waals surface area contributed by atoms with Crippen LogP contribution >= 0.6 is 11.3 Å². The summed E-state index contributed by atoms with van der Waals surface area (Å²) in [6, 6.07) is 17.7. The first kappa shape index (κ1) is 15.8. The minimum absolute atomic E-state index is 0.0326. The van der Waals surface area contributed by atoms with Crippen LogP contribution in [0, 0.1) is 0 Å². The fraction of sp³-hybridized carbons (Fsp3) is 0.200. The largest absolute Gasteiger partial charge is 0.497 e. The van der Waals surface area contributed by atoms with Crippen molar-refractivity contribution in [1.29, 1.82) is 0 Å². The average Bonchev–Trinajstić information content (AvgIpc) is 3.36. The molecule has 1 aromatic heterocycles. The number of benzene rings is 2. The van der Waals surface area contributed by atoms with Gasteiger partial charge < -0.3 is 10.1 Å². The zero-order chi connectivity index (χ0) is 17.3. The molecule has 1 aliphatic rings. The van der Waals surface area contributed by atoms with Crippen molar-refractivity contribution in [3.8, 4) is 17.0 Å². The number of amides is 1. The van der Waals surface area contributed by atoms with Crippen LogP contribution in [0.1, 0.15) is 18.4 Å². The maximum Gasteiger partial charge on any atom is 0.236 e. The second-order valence-corrected chi connectivity index (χ2v) is 7.03. The Morgan fingerprint density at radius 3 is 2.68 bits per heavy atom. The molecule has 0 atom stereocenters. The van der Waals surface area contributed by atoms with Gasteiger partial charge in [-0.15, -0.1) is 11.3 Å². The zero-order valence-corrected chi connectivity index (χ0v) is 14.7. The third kappa shape index (κ3) is 3.03. The summed E-state index contributed by atoms with van der Waals surface area (Å²) in [6.45, 7) is 0. The van der Waals surface area contributed by atoms with Crippen LogP contribution in [0.3, 0.4) is 0 Å². The van der Waals surface area contributed by atoms with E-state index >= 15 is 0 Å². The van der Waals surface area contributed by atoms with Gasteiger partial charge in [0.25, 0.3) is 0 Å². The Morgan fingerprint density at radius 1 is 1.16 bits per heavy atom. The van der Waals surface area contributed by atoms with Crippen LogP contribution in [-0.2, 0) is 10.2 Å². The first-order valence-corrected chi connectivity index (χ1v) is 9.06. The smallest absolute Gasteiger partial charge is 0.236 e. The van der Waals surface area contributed by atoms with Crippen molar-refractivity contribution in [3.63, 3.8) is 0 Å². The molecule has 1 heterocycles. The van der Waals surface area contributed by atoms with Crippen molar-refractivity contribution < 1.29 is 9.53 Å². The Labute approximate surface area is 150 Å². The second-order valence-electron chi connectivity index (χ2n) is 6.17. The highest BCUT2D eigenvalue weighted by Gasteiger charge is 2.51. The van der Waals surface area contributed by atoms with Crippen molar-refractivity contribution in [1.82, 2.24) is 4.98 Å². The van der Waals surface area contributed by atoms with Gasteiger partial charge in [-0.25, -0.2) is 4.98 Å². The van der Waals surface area contributed by atoms with E-state index in [2.05, 4.69) is 10.3 Å². The van der Waals surface area contributed by atoms with Crippen LogP contribution in [0.4, 0.5) is 5.13 Å². The topological polar surface area (TPSA) is 51.2 Å². The highest BCUT2D eigenvalue weighted by atomic mass is 32.1. The summed E-state index contributed by atoms with van der Waals surface area (Å²) in [7, 11) is 1.64. The molecule has 1 N–H and O–H groups in total. The molecule has 3 aromatic rings. The number of aromatic nitrogens is 1.